The molecule has 0 aliphatic carbocycles. The molecule has 0 N–H and O–H groups in total. The summed E-state index contributed by atoms with van der Waals surface area (Å²) in [5, 5.41) is 10.7. The van der Waals surface area contributed by atoms with E-state index in [-0.39, 0.29) is 0 Å². The van der Waals surface area contributed by atoms with Crippen LogP contribution in [-0.2, 0) is 13.0 Å². The van der Waals surface area contributed by atoms with Crippen LogP contribution in [0.5, 0.6) is 0 Å². The number of fused-ring (bicyclic) bond motifs is 1. The maximum Gasteiger partial charge on any atom is 0.108 e. The monoisotopic (exact) mass is 390 g/mol. The van der Waals surface area contributed by atoms with E-state index in [0.717, 1.165) is 55.9 Å². The van der Waals surface area contributed by atoms with Crippen LogP contribution in [0.1, 0.15) is 30.0 Å². The van der Waals surface area contributed by atoms with Gasteiger partial charge in [-0.2, -0.15) is 5.26 Å². The largest absolute Gasteiger partial charge is 0.368 e. The Morgan fingerprint density at radius 3 is 2.61 bits per heavy atom. The molecule has 0 unspecified atom stereocenters. The van der Waals surface area contributed by atoms with E-state index in [0.29, 0.717) is 5.92 Å². The van der Waals surface area contributed by atoms with E-state index in [1.807, 2.05) is 12.1 Å². The summed E-state index contributed by atoms with van der Waals surface area (Å²) < 4.78 is 1.26. The van der Waals surface area contributed by atoms with Gasteiger partial charge in [-0.25, -0.2) is 4.98 Å². The third kappa shape index (κ3) is 4.19. The van der Waals surface area contributed by atoms with E-state index in [1.165, 1.54) is 15.3 Å². The molecule has 1 fully saturated rings. The van der Waals surface area contributed by atoms with Gasteiger partial charge in [-0.15, -0.1) is 11.3 Å². The van der Waals surface area contributed by atoms with Crippen molar-refractivity contribution in [2.75, 3.05) is 31.1 Å². The number of para-hydroxylation sites is 1. The van der Waals surface area contributed by atoms with Gasteiger partial charge in [-0.05, 0) is 42.2 Å². The molecule has 0 atom stereocenters. The zero-order valence-corrected chi connectivity index (χ0v) is 17.4. The Hall–Kier alpha value is -2.42. The number of benzene rings is 2. The molecule has 1 aliphatic rings. The summed E-state index contributed by atoms with van der Waals surface area (Å²) in [6.07, 6.45) is 1.05. The SMILES string of the molecule is CC(C)Cc1ccc(C#N)c(N2CCN(Cc3nc4ccccc4s3)CC2)c1. The summed E-state index contributed by atoms with van der Waals surface area (Å²) in [5.74, 6) is 0.617. The van der Waals surface area contributed by atoms with E-state index in [1.54, 1.807) is 11.3 Å². The van der Waals surface area contributed by atoms with Crippen LogP contribution in [0.4, 0.5) is 5.69 Å². The smallest absolute Gasteiger partial charge is 0.108 e. The number of piperazine rings is 1. The minimum Gasteiger partial charge on any atom is -0.368 e. The molecule has 144 valence electrons. The summed E-state index contributed by atoms with van der Waals surface area (Å²) in [4.78, 5) is 9.61. The van der Waals surface area contributed by atoms with Crippen molar-refractivity contribution in [1.29, 1.82) is 5.26 Å². The van der Waals surface area contributed by atoms with Gasteiger partial charge < -0.3 is 4.90 Å². The van der Waals surface area contributed by atoms with Gasteiger partial charge in [0.05, 0.1) is 28.0 Å². The third-order valence-electron chi connectivity index (χ3n) is 5.24. The lowest BCUT2D eigenvalue weighted by Crippen LogP contribution is -2.46. The minimum atomic E-state index is 0.617. The lowest BCUT2D eigenvalue weighted by atomic mass is 10.00. The molecule has 0 spiro atoms. The Labute approximate surface area is 171 Å². The molecule has 4 nitrogen and oxygen atoms in total. The van der Waals surface area contributed by atoms with E-state index in [2.05, 4.69) is 60.0 Å². The van der Waals surface area contributed by atoms with Gasteiger partial charge in [-0.1, -0.05) is 32.0 Å². The molecule has 1 aromatic heterocycles. The van der Waals surface area contributed by atoms with Crippen molar-refractivity contribution in [1.82, 2.24) is 9.88 Å². The highest BCUT2D eigenvalue weighted by atomic mass is 32.1. The number of rotatable bonds is 5. The van der Waals surface area contributed by atoms with Crippen molar-refractivity contribution in [3.05, 3.63) is 58.6 Å². The van der Waals surface area contributed by atoms with Crippen LogP contribution >= 0.6 is 11.3 Å². The fourth-order valence-corrected chi connectivity index (χ4v) is 4.87. The van der Waals surface area contributed by atoms with Crippen LogP contribution in [0.2, 0.25) is 0 Å². The molecule has 0 bridgehead atoms. The topological polar surface area (TPSA) is 43.2 Å². The summed E-state index contributed by atoms with van der Waals surface area (Å²) in [6.45, 7) is 9.27. The Morgan fingerprint density at radius 1 is 1.11 bits per heavy atom. The lowest BCUT2D eigenvalue weighted by molar-refractivity contribution is 0.249. The van der Waals surface area contributed by atoms with Crippen molar-refractivity contribution >= 4 is 27.2 Å². The van der Waals surface area contributed by atoms with Gasteiger partial charge >= 0.3 is 0 Å². The minimum absolute atomic E-state index is 0.617. The van der Waals surface area contributed by atoms with Gasteiger partial charge in [0.2, 0.25) is 0 Å². The number of nitrogens with zero attached hydrogens (tertiary/aromatic N) is 4. The third-order valence-corrected chi connectivity index (χ3v) is 6.26. The molecule has 1 saturated heterocycles. The van der Waals surface area contributed by atoms with E-state index in [9.17, 15) is 5.26 Å². The first-order chi connectivity index (χ1) is 13.6. The van der Waals surface area contributed by atoms with Gasteiger partial charge in [0, 0.05) is 26.2 Å². The maximum absolute atomic E-state index is 9.54. The Morgan fingerprint density at radius 2 is 1.89 bits per heavy atom. The van der Waals surface area contributed by atoms with Gasteiger partial charge in [0.1, 0.15) is 11.1 Å². The number of thiazole rings is 1. The summed E-state index contributed by atoms with van der Waals surface area (Å²) in [7, 11) is 0. The lowest BCUT2D eigenvalue weighted by Gasteiger charge is -2.36. The fraction of sp³-hybridized carbons (Fsp3) is 0.391. The predicted octanol–water partition coefficient (Wildman–Crippen LogP) is 4.69. The predicted molar refractivity (Wildman–Crippen MR) is 117 cm³/mol. The van der Waals surface area contributed by atoms with Crippen LogP contribution in [0, 0.1) is 17.2 Å². The van der Waals surface area contributed by atoms with Crippen LogP contribution in [-0.4, -0.2) is 36.1 Å². The van der Waals surface area contributed by atoms with Gasteiger partial charge in [-0.3, -0.25) is 4.90 Å². The number of anilines is 1. The highest BCUT2D eigenvalue weighted by Crippen LogP contribution is 2.26. The first-order valence-corrected chi connectivity index (χ1v) is 10.8. The summed E-state index contributed by atoms with van der Waals surface area (Å²) in [5.41, 5.74) is 4.30. The van der Waals surface area contributed by atoms with Gasteiger partial charge in [0.15, 0.2) is 0 Å². The molecule has 3 aromatic rings. The highest BCUT2D eigenvalue weighted by molar-refractivity contribution is 7.18. The highest BCUT2D eigenvalue weighted by Gasteiger charge is 2.21. The maximum atomic E-state index is 9.54. The van der Waals surface area contributed by atoms with Crippen molar-refractivity contribution < 1.29 is 0 Å². The van der Waals surface area contributed by atoms with E-state index in [4.69, 9.17) is 4.98 Å². The average Bonchev–Trinajstić information content (AvgIpc) is 3.10. The molecule has 1 aliphatic heterocycles. The van der Waals surface area contributed by atoms with Crippen molar-refractivity contribution in [2.24, 2.45) is 5.92 Å². The first-order valence-electron chi connectivity index (χ1n) is 9.97. The molecular weight excluding hydrogens is 364 g/mol. The second-order valence-corrected chi connectivity index (χ2v) is 9.02. The molecule has 28 heavy (non-hydrogen) atoms. The molecule has 2 heterocycles. The fourth-order valence-electron chi connectivity index (χ4n) is 3.86. The molecular formula is C23H26N4S. The summed E-state index contributed by atoms with van der Waals surface area (Å²) >= 11 is 1.79. The average molecular weight is 391 g/mol. The van der Waals surface area contributed by atoms with Crippen LogP contribution in [0.3, 0.4) is 0 Å². The van der Waals surface area contributed by atoms with Crippen molar-refractivity contribution in [3.63, 3.8) is 0 Å². The Kier molecular flexibility index (Phi) is 5.61. The Bertz CT molecular complexity index is 960. The normalized spacial score (nSPS) is 15.3. The van der Waals surface area contributed by atoms with Crippen LogP contribution < -0.4 is 4.90 Å². The zero-order valence-electron chi connectivity index (χ0n) is 16.6. The zero-order chi connectivity index (χ0) is 19.5. The number of nitriles is 1. The first kappa shape index (κ1) is 18.9. The van der Waals surface area contributed by atoms with E-state index >= 15 is 0 Å². The van der Waals surface area contributed by atoms with E-state index < -0.39 is 0 Å². The quantitative estimate of drug-likeness (QED) is 0.634. The molecule has 5 heteroatoms. The second-order valence-electron chi connectivity index (χ2n) is 7.90. The molecule has 4 rings (SSSR count). The molecule has 0 radical (unpaired) electrons. The second kappa shape index (κ2) is 8.30. The Balaban J connectivity index is 1.43. The van der Waals surface area contributed by atoms with Crippen LogP contribution in [0.25, 0.3) is 10.2 Å². The number of hydrogen-bond acceptors (Lipinski definition) is 5. The van der Waals surface area contributed by atoms with Gasteiger partial charge in [0.25, 0.3) is 0 Å². The summed E-state index contributed by atoms with van der Waals surface area (Å²) in [6, 6.07) is 17.0. The number of hydrogen-bond donors (Lipinski definition) is 0. The number of aromatic nitrogens is 1. The standard InChI is InChI=1S/C23H26N4S/c1-17(2)13-18-7-8-19(15-24)21(14-18)27-11-9-26(10-12-27)16-23-25-20-5-3-4-6-22(20)28-23/h3-8,14,17H,9-13,16H2,1-2H3. The molecule has 0 saturated carbocycles. The molecule has 2 aromatic carbocycles. The molecule has 0 amide bonds. The van der Waals surface area contributed by atoms with Crippen molar-refractivity contribution in [3.8, 4) is 6.07 Å². The van der Waals surface area contributed by atoms with Crippen LogP contribution in [0.15, 0.2) is 42.5 Å². The van der Waals surface area contributed by atoms with Crippen molar-refractivity contribution in [2.45, 2.75) is 26.8 Å².